The summed E-state index contributed by atoms with van der Waals surface area (Å²) in [6.07, 6.45) is 7.82. The van der Waals surface area contributed by atoms with Gasteiger partial charge >= 0.3 is 0 Å². The van der Waals surface area contributed by atoms with Gasteiger partial charge < -0.3 is 0 Å². The van der Waals surface area contributed by atoms with Crippen molar-refractivity contribution in [2.24, 2.45) is 0 Å². The Morgan fingerprint density at radius 3 is 1.93 bits per heavy atom. The van der Waals surface area contributed by atoms with Crippen LogP contribution in [0, 0.1) is 0 Å². The van der Waals surface area contributed by atoms with Crippen LogP contribution in [-0.2, 0) is 5.41 Å². The van der Waals surface area contributed by atoms with E-state index in [1.165, 1.54) is 42.1 Å². The second kappa shape index (κ2) is 14.6. The summed E-state index contributed by atoms with van der Waals surface area (Å²) >= 11 is 1.89. The first-order valence-corrected chi connectivity index (χ1v) is 19.7. The quantitative estimate of drug-likeness (QED) is 0.136. The Bertz CT molecular complexity index is 2980. The highest BCUT2D eigenvalue weighted by Gasteiger charge is 2.39. The standard InChI is InChI=1S/C55H44S/c1-9-10-21-35(2)37(4)42-24-15-16-25-43(42)38(5)44-23-14-12-11-13-22-41(45-26-17-18-27-46(44)45)36(3)34-50-39(6)55(7,8)53-48(50)32-30-40-31-33-49-47-28-19-20-29-51(47)56-54(49)52(40)53/h9-34H,1-6H2,7-8H3/b12-11?,13-11?,14-12?,21-10-,22-13?,23-14?,41-22?,44-23?,45-41?,46-44?,50-34+. The van der Waals surface area contributed by atoms with Crippen LogP contribution >= 0.6 is 11.3 Å². The summed E-state index contributed by atoms with van der Waals surface area (Å²) in [6, 6.07) is 47.3. The Hall–Kier alpha value is -6.54. The molecule has 1 aromatic heterocycles. The van der Waals surface area contributed by atoms with E-state index in [0.717, 1.165) is 66.5 Å². The molecule has 8 rings (SSSR count). The van der Waals surface area contributed by atoms with Gasteiger partial charge in [0.05, 0.1) is 0 Å². The maximum absolute atomic E-state index is 4.76. The van der Waals surface area contributed by atoms with Gasteiger partial charge in [-0.1, -0.05) is 199 Å². The molecule has 0 aliphatic heterocycles. The van der Waals surface area contributed by atoms with Crippen molar-refractivity contribution < 1.29 is 0 Å². The first kappa shape index (κ1) is 36.4. The van der Waals surface area contributed by atoms with Crippen molar-refractivity contribution in [2.75, 3.05) is 0 Å². The summed E-state index contributed by atoms with van der Waals surface area (Å²) in [5.74, 6) is 0. The first-order chi connectivity index (χ1) is 27.1. The molecule has 0 fully saturated rings. The van der Waals surface area contributed by atoms with E-state index in [4.69, 9.17) is 19.7 Å². The predicted octanol–water partition coefficient (Wildman–Crippen LogP) is 15.8. The lowest BCUT2D eigenvalue weighted by Crippen LogP contribution is -2.14. The molecular weight excluding hydrogens is 693 g/mol. The van der Waals surface area contributed by atoms with Gasteiger partial charge in [0.25, 0.3) is 0 Å². The molecule has 0 nitrogen and oxygen atoms in total. The maximum Gasteiger partial charge on any atom is 0.0437 e. The zero-order valence-corrected chi connectivity index (χ0v) is 33.0. The molecule has 1 aliphatic carbocycles. The molecule has 0 N–H and O–H groups in total. The first-order valence-electron chi connectivity index (χ1n) is 18.9. The highest BCUT2D eigenvalue weighted by Crippen LogP contribution is 2.54. The third-order valence-corrected chi connectivity index (χ3v) is 12.5. The average molecular weight is 737 g/mol. The lowest BCUT2D eigenvalue weighted by Gasteiger charge is -2.23. The van der Waals surface area contributed by atoms with Gasteiger partial charge in [0.15, 0.2) is 0 Å². The number of rotatable bonds is 8. The summed E-state index contributed by atoms with van der Waals surface area (Å²) in [5, 5.41) is 7.35. The lowest BCUT2D eigenvalue weighted by molar-refractivity contribution is 0.669. The van der Waals surface area contributed by atoms with E-state index >= 15 is 0 Å². The molecule has 56 heavy (non-hydrogen) atoms. The van der Waals surface area contributed by atoms with Crippen LogP contribution in [0.1, 0.15) is 47.2 Å². The molecule has 0 atom stereocenters. The molecule has 0 spiro atoms. The van der Waals surface area contributed by atoms with Gasteiger partial charge in [-0.25, -0.2) is 0 Å². The maximum atomic E-state index is 4.76. The molecule has 0 bridgehead atoms. The molecule has 0 unspecified atom stereocenters. The normalized spacial score (nSPS) is 14.0. The molecule has 0 saturated heterocycles. The molecule has 1 heteroatoms. The molecule has 270 valence electrons. The summed E-state index contributed by atoms with van der Waals surface area (Å²) in [6.45, 7) is 31.4. The van der Waals surface area contributed by atoms with Crippen molar-refractivity contribution in [1.29, 1.82) is 0 Å². The largest absolute Gasteiger partial charge is 0.135 e. The monoisotopic (exact) mass is 736 g/mol. The van der Waals surface area contributed by atoms with E-state index in [2.05, 4.69) is 161 Å². The van der Waals surface area contributed by atoms with Crippen LogP contribution in [-0.4, -0.2) is 0 Å². The summed E-state index contributed by atoms with van der Waals surface area (Å²) in [7, 11) is 0. The van der Waals surface area contributed by atoms with Crippen molar-refractivity contribution in [3.05, 3.63) is 242 Å². The van der Waals surface area contributed by atoms with Gasteiger partial charge in [0.2, 0.25) is 0 Å². The fraction of sp³-hybridized carbons (Fsp3) is 0.0545. The molecule has 0 saturated carbocycles. The van der Waals surface area contributed by atoms with E-state index < -0.39 is 0 Å². The Kier molecular flexibility index (Phi) is 9.50. The highest BCUT2D eigenvalue weighted by atomic mass is 32.1. The van der Waals surface area contributed by atoms with Gasteiger partial charge in [0.1, 0.15) is 0 Å². The molecule has 0 amide bonds. The van der Waals surface area contributed by atoms with Gasteiger partial charge in [-0.15, -0.1) is 11.3 Å². The summed E-state index contributed by atoms with van der Waals surface area (Å²) < 4.78 is 2.65. The SMILES string of the molecule is C=C/C=C\C(=C)C(=C)c1ccccc1C(=C)c1ccccccc(C(=C)/C=C2\C(=C)C(C)(C)c3c2ccc2ccc4c5ccccc5sc4c32)c2ccccc12. The molecular formula is C55H44S. The van der Waals surface area contributed by atoms with Crippen molar-refractivity contribution in [2.45, 2.75) is 19.3 Å². The number of thiophene rings is 1. The second-order valence-corrected chi connectivity index (χ2v) is 16.0. The van der Waals surface area contributed by atoms with Gasteiger partial charge in [-0.3, -0.25) is 0 Å². The number of allylic oxidation sites excluding steroid dienone is 9. The topological polar surface area (TPSA) is 0 Å². The third kappa shape index (κ3) is 6.11. The van der Waals surface area contributed by atoms with Crippen molar-refractivity contribution >= 4 is 75.3 Å². The number of benzene rings is 5. The summed E-state index contributed by atoms with van der Waals surface area (Å²) in [5.41, 5.74) is 12.0. The van der Waals surface area contributed by atoms with Crippen molar-refractivity contribution in [1.82, 2.24) is 0 Å². The Morgan fingerprint density at radius 1 is 0.607 bits per heavy atom. The molecule has 1 heterocycles. The van der Waals surface area contributed by atoms with E-state index in [1.54, 1.807) is 6.08 Å². The van der Waals surface area contributed by atoms with E-state index in [-0.39, 0.29) is 5.41 Å². The fourth-order valence-electron chi connectivity index (χ4n) is 8.25. The van der Waals surface area contributed by atoms with Crippen molar-refractivity contribution in [3.63, 3.8) is 0 Å². The lowest BCUT2D eigenvalue weighted by atomic mass is 9.80. The predicted molar refractivity (Wildman–Crippen MR) is 250 cm³/mol. The van der Waals surface area contributed by atoms with Crippen LogP contribution in [0.15, 0.2) is 208 Å². The van der Waals surface area contributed by atoms with Crippen LogP contribution in [0.2, 0.25) is 0 Å². The molecule has 0 radical (unpaired) electrons. The van der Waals surface area contributed by atoms with E-state index in [0.29, 0.717) is 0 Å². The minimum absolute atomic E-state index is 0.281. The van der Waals surface area contributed by atoms with Crippen molar-refractivity contribution in [3.8, 4) is 0 Å². The minimum atomic E-state index is -0.281. The van der Waals surface area contributed by atoms with E-state index in [1.807, 2.05) is 35.6 Å². The van der Waals surface area contributed by atoms with Crippen LogP contribution in [0.25, 0.3) is 64.0 Å². The minimum Gasteiger partial charge on any atom is -0.135 e. The highest BCUT2D eigenvalue weighted by molar-refractivity contribution is 7.26. The fourth-order valence-corrected chi connectivity index (χ4v) is 9.52. The molecule has 1 aliphatic rings. The Morgan fingerprint density at radius 2 is 1.20 bits per heavy atom. The molecule has 6 aromatic carbocycles. The van der Waals surface area contributed by atoms with Crippen LogP contribution < -0.4 is 0 Å². The van der Waals surface area contributed by atoms with E-state index in [9.17, 15) is 0 Å². The van der Waals surface area contributed by atoms with Crippen LogP contribution in [0.4, 0.5) is 0 Å². The average Bonchev–Trinajstić information content (AvgIpc) is 3.69. The number of hydrogen-bond acceptors (Lipinski definition) is 1. The summed E-state index contributed by atoms with van der Waals surface area (Å²) in [4.78, 5) is 0. The van der Waals surface area contributed by atoms with Gasteiger partial charge in [-0.05, 0) is 95.1 Å². The number of hydrogen-bond donors (Lipinski definition) is 0. The van der Waals surface area contributed by atoms with Gasteiger partial charge in [0, 0.05) is 31.0 Å². The smallest absolute Gasteiger partial charge is 0.0437 e. The molecule has 7 aromatic rings. The van der Waals surface area contributed by atoms with Crippen LogP contribution in [0.5, 0.6) is 0 Å². The Balaban J connectivity index is 1.30. The zero-order valence-electron chi connectivity index (χ0n) is 32.2. The zero-order chi connectivity index (χ0) is 39.1. The number of fused-ring (bicyclic) bond motifs is 8. The van der Waals surface area contributed by atoms with Crippen LogP contribution in [0.3, 0.4) is 0 Å². The second-order valence-electron chi connectivity index (χ2n) is 14.9. The van der Waals surface area contributed by atoms with Gasteiger partial charge in [-0.2, -0.15) is 0 Å². The third-order valence-electron chi connectivity index (χ3n) is 11.3. The Labute approximate surface area is 334 Å².